The SMILES string of the molecule is CCOC(=O)c1nc(CC)n(-c2ccc(C)cc2F)c1N. The van der Waals surface area contributed by atoms with Gasteiger partial charge in [0.05, 0.1) is 12.3 Å². The largest absolute Gasteiger partial charge is 0.461 e. The van der Waals surface area contributed by atoms with Crippen molar-refractivity contribution in [2.45, 2.75) is 27.2 Å². The molecular weight excluding hydrogens is 273 g/mol. The number of anilines is 1. The Hall–Kier alpha value is -2.37. The molecule has 1 aromatic carbocycles. The number of ether oxygens (including phenoxy) is 1. The zero-order valence-electron chi connectivity index (χ0n) is 12.3. The Morgan fingerprint density at radius 1 is 1.43 bits per heavy atom. The molecule has 5 nitrogen and oxygen atoms in total. The van der Waals surface area contributed by atoms with Gasteiger partial charge in [-0.1, -0.05) is 13.0 Å². The van der Waals surface area contributed by atoms with E-state index < -0.39 is 11.8 Å². The number of halogens is 1. The second kappa shape index (κ2) is 5.95. The lowest BCUT2D eigenvalue weighted by atomic mass is 10.2. The van der Waals surface area contributed by atoms with Crippen molar-refractivity contribution in [1.29, 1.82) is 0 Å². The van der Waals surface area contributed by atoms with Gasteiger partial charge in [-0.25, -0.2) is 14.2 Å². The van der Waals surface area contributed by atoms with Crippen LogP contribution >= 0.6 is 0 Å². The normalized spacial score (nSPS) is 10.7. The molecule has 112 valence electrons. The standard InChI is InChI=1S/C15H18FN3O2/c1-4-12-18-13(15(20)21-5-2)14(17)19(12)11-7-6-9(3)8-10(11)16/h6-8H,4-5,17H2,1-3H3. The first-order valence-electron chi connectivity index (χ1n) is 6.80. The van der Waals surface area contributed by atoms with E-state index in [1.165, 1.54) is 10.6 Å². The van der Waals surface area contributed by atoms with Gasteiger partial charge in [0.2, 0.25) is 0 Å². The number of nitrogen functional groups attached to an aromatic ring is 1. The smallest absolute Gasteiger partial charge is 0.360 e. The highest BCUT2D eigenvalue weighted by molar-refractivity contribution is 5.92. The molecule has 2 N–H and O–H groups in total. The van der Waals surface area contributed by atoms with Crippen molar-refractivity contribution in [1.82, 2.24) is 9.55 Å². The van der Waals surface area contributed by atoms with Crippen LogP contribution in [0.25, 0.3) is 5.69 Å². The van der Waals surface area contributed by atoms with Gasteiger partial charge < -0.3 is 10.5 Å². The van der Waals surface area contributed by atoms with Crippen LogP contribution in [0.3, 0.4) is 0 Å². The first-order valence-corrected chi connectivity index (χ1v) is 6.80. The highest BCUT2D eigenvalue weighted by Crippen LogP contribution is 2.24. The molecule has 0 bridgehead atoms. The van der Waals surface area contributed by atoms with E-state index in [-0.39, 0.29) is 23.8 Å². The lowest BCUT2D eigenvalue weighted by Gasteiger charge is -2.10. The summed E-state index contributed by atoms with van der Waals surface area (Å²) in [4.78, 5) is 16.0. The van der Waals surface area contributed by atoms with Crippen molar-refractivity contribution in [3.63, 3.8) is 0 Å². The van der Waals surface area contributed by atoms with E-state index in [0.717, 1.165) is 5.56 Å². The van der Waals surface area contributed by atoms with Crippen LogP contribution < -0.4 is 5.73 Å². The quantitative estimate of drug-likeness (QED) is 0.879. The number of rotatable bonds is 4. The second-order valence-electron chi connectivity index (χ2n) is 4.63. The van der Waals surface area contributed by atoms with Crippen molar-refractivity contribution in [3.8, 4) is 5.69 Å². The fourth-order valence-electron chi connectivity index (χ4n) is 2.13. The summed E-state index contributed by atoms with van der Waals surface area (Å²) in [5.74, 6) is -0.411. The third-order valence-corrected chi connectivity index (χ3v) is 3.11. The third kappa shape index (κ3) is 2.74. The van der Waals surface area contributed by atoms with Crippen molar-refractivity contribution in [2.75, 3.05) is 12.3 Å². The maximum Gasteiger partial charge on any atom is 0.360 e. The maximum atomic E-state index is 14.2. The van der Waals surface area contributed by atoms with Gasteiger partial charge in [-0.2, -0.15) is 0 Å². The van der Waals surface area contributed by atoms with Gasteiger partial charge in [-0.3, -0.25) is 4.57 Å². The van der Waals surface area contributed by atoms with E-state index >= 15 is 0 Å². The Bertz CT molecular complexity index is 680. The molecular formula is C15H18FN3O2. The Morgan fingerprint density at radius 2 is 2.14 bits per heavy atom. The monoisotopic (exact) mass is 291 g/mol. The Labute approximate surface area is 122 Å². The van der Waals surface area contributed by atoms with Gasteiger partial charge in [0, 0.05) is 6.42 Å². The molecule has 0 unspecified atom stereocenters. The molecule has 0 atom stereocenters. The summed E-state index contributed by atoms with van der Waals surface area (Å²) in [6.45, 7) is 5.59. The van der Waals surface area contributed by atoms with E-state index in [0.29, 0.717) is 12.2 Å². The summed E-state index contributed by atoms with van der Waals surface area (Å²) < 4.78 is 20.5. The summed E-state index contributed by atoms with van der Waals surface area (Å²) in [7, 11) is 0. The number of carbonyl (C=O) groups is 1. The maximum absolute atomic E-state index is 14.2. The fourth-order valence-corrected chi connectivity index (χ4v) is 2.13. The predicted molar refractivity (Wildman–Crippen MR) is 78.0 cm³/mol. The van der Waals surface area contributed by atoms with Crippen LogP contribution in [0, 0.1) is 12.7 Å². The molecule has 1 heterocycles. The van der Waals surface area contributed by atoms with Gasteiger partial charge in [-0.05, 0) is 31.5 Å². The lowest BCUT2D eigenvalue weighted by molar-refractivity contribution is 0.0521. The summed E-state index contributed by atoms with van der Waals surface area (Å²) >= 11 is 0. The molecule has 0 aliphatic heterocycles. The first kappa shape index (κ1) is 15.0. The summed E-state index contributed by atoms with van der Waals surface area (Å²) in [5, 5.41) is 0. The molecule has 0 aliphatic carbocycles. The van der Waals surface area contributed by atoms with Crippen LogP contribution in [-0.4, -0.2) is 22.1 Å². The minimum Gasteiger partial charge on any atom is -0.461 e. The number of hydrogen-bond donors (Lipinski definition) is 1. The van der Waals surface area contributed by atoms with E-state index in [2.05, 4.69) is 4.98 Å². The Balaban J connectivity index is 2.60. The van der Waals surface area contributed by atoms with E-state index in [4.69, 9.17) is 10.5 Å². The zero-order chi connectivity index (χ0) is 15.6. The second-order valence-corrected chi connectivity index (χ2v) is 4.63. The highest BCUT2D eigenvalue weighted by Gasteiger charge is 2.23. The minimum absolute atomic E-state index is 0.0219. The lowest BCUT2D eigenvalue weighted by Crippen LogP contribution is -2.10. The molecule has 0 aliphatic rings. The summed E-state index contributed by atoms with van der Waals surface area (Å²) in [6, 6.07) is 4.82. The summed E-state index contributed by atoms with van der Waals surface area (Å²) in [6.07, 6.45) is 0.511. The molecule has 2 aromatic rings. The highest BCUT2D eigenvalue weighted by atomic mass is 19.1. The van der Waals surface area contributed by atoms with E-state index in [9.17, 15) is 9.18 Å². The molecule has 0 saturated heterocycles. The number of imidazole rings is 1. The number of esters is 1. The van der Waals surface area contributed by atoms with Gasteiger partial charge in [0.25, 0.3) is 0 Å². The van der Waals surface area contributed by atoms with Gasteiger partial charge in [0.15, 0.2) is 5.69 Å². The van der Waals surface area contributed by atoms with Crippen LogP contribution in [0.5, 0.6) is 0 Å². The molecule has 0 amide bonds. The number of nitrogens with zero attached hydrogens (tertiary/aromatic N) is 2. The van der Waals surface area contributed by atoms with Gasteiger partial charge >= 0.3 is 5.97 Å². The van der Waals surface area contributed by atoms with Gasteiger partial charge in [0.1, 0.15) is 17.5 Å². The van der Waals surface area contributed by atoms with E-state index in [1.807, 2.05) is 6.92 Å². The number of nitrogens with two attached hydrogens (primary N) is 1. The van der Waals surface area contributed by atoms with E-state index in [1.54, 1.807) is 26.0 Å². The molecule has 0 saturated carbocycles. The van der Waals surface area contributed by atoms with Crippen LogP contribution in [0.4, 0.5) is 10.2 Å². The number of hydrogen-bond acceptors (Lipinski definition) is 4. The molecule has 1 aromatic heterocycles. The molecule has 0 radical (unpaired) electrons. The Kier molecular flexibility index (Phi) is 4.26. The van der Waals surface area contributed by atoms with Crippen LogP contribution in [-0.2, 0) is 11.2 Å². The number of benzene rings is 1. The van der Waals surface area contributed by atoms with Crippen molar-refractivity contribution >= 4 is 11.8 Å². The van der Waals surface area contributed by atoms with Crippen LogP contribution in [0.1, 0.15) is 35.7 Å². The Morgan fingerprint density at radius 3 is 2.71 bits per heavy atom. The molecule has 0 spiro atoms. The summed E-state index contributed by atoms with van der Waals surface area (Å²) in [5.41, 5.74) is 7.08. The fraction of sp³-hybridized carbons (Fsp3) is 0.333. The van der Waals surface area contributed by atoms with Crippen LogP contribution in [0.15, 0.2) is 18.2 Å². The average Bonchev–Trinajstić information content (AvgIpc) is 2.76. The number of aromatic nitrogens is 2. The molecule has 2 rings (SSSR count). The van der Waals surface area contributed by atoms with Crippen molar-refractivity contribution < 1.29 is 13.9 Å². The molecule has 6 heteroatoms. The van der Waals surface area contributed by atoms with Gasteiger partial charge in [-0.15, -0.1) is 0 Å². The van der Waals surface area contributed by atoms with Crippen molar-refractivity contribution in [2.24, 2.45) is 0 Å². The number of carbonyl (C=O) groups excluding carboxylic acids is 1. The number of aryl methyl sites for hydroxylation is 2. The van der Waals surface area contributed by atoms with Crippen LogP contribution in [0.2, 0.25) is 0 Å². The minimum atomic E-state index is -0.601. The van der Waals surface area contributed by atoms with Crippen molar-refractivity contribution in [3.05, 3.63) is 41.1 Å². The third-order valence-electron chi connectivity index (χ3n) is 3.11. The predicted octanol–water partition coefficient (Wildman–Crippen LogP) is 2.64. The topological polar surface area (TPSA) is 70.1 Å². The molecule has 21 heavy (non-hydrogen) atoms. The zero-order valence-corrected chi connectivity index (χ0v) is 12.3. The first-order chi connectivity index (χ1) is 9.99. The molecule has 0 fully saturated rings. The average molecular weight is 291 g/mol.